The van der Waals surface area contributed by atoms with Crippen molar-refractivity contribution >= 4 is 5.69 Å². The van der Waals surface area contributed by atoms with Crippen molar-refractivity contribution in [1.29, 1.82) is 0 Å². The highest BCUT2D eigenvalue weighted by Gasteiger charge is 2.07. The summed E-state index contributed by atoms with van der Waals surface area (Å²) in [5.74, 6) is 0. The van der Waals surface area contributed by atoms with Gasteiger partial charge in [0.05, 0.1) is 0 Å². The minimum atomic E-state index is -0.0987. The zero-order chi connectivity index (χ0) is 13.4. The van der Waals surface area contributed by atoms with Crippen LogP contribution in [0.3, 0.4) is 0 Å². The summed E-state index contributed by atoms with van der Waals surface area (Å²) >= 11 is 0. The van der Waals surface area contributed by atoms with Crippen LogP contribution in [0.2, 0.25) is 0 Å². The second kappa shape index (κ2) is 8.11. The van der Waals surface area contributed by atoms with Gasteiger partial charge in [-0.3, -0.25) is 0 Å². The topological polar surface area (TPSA) is 30.5 Å². The maximum absolute atomic E-state index is 5.51. The molecule has 0 saturated carbocycles. The average Bonchev–Trinajstić information content (AvgIpc) is 2.28. The minimum absolute atomic E-state index is 0.0987. The lowest BCUT2D eigenvalue weighted by molar-refractivity contribution is -0.137. The molecular weight excluding hydrogens is 226 g/mol. The number of aryl methyl sites for hydroxylation is 2. The van der Waals surface area contributed by atoms with Crippen LogP contribution < -0.4 is 5.32 Å². The third-order valence-electron chi connectivity index (χ3n) is 2.64. The highest BCUT2D eigenvalue weighted by molar-refractivity contribution is 5.48. The third-order valence-corrected chi connectivity index (χ3v) is 2.64. The Morgan fingerprint density at radius 1 is 1.00 bits per heavy atom. The monoisotopic (exact) mass is 251 g/mol. The Labute approximate surface area is 110 Å². The van der Waals surface area contributed by atoms with Gasteiger partial charge in [0.25, 0.3) is 0 Å². The predicted molar refractivity (Wildman–Crippen MR) is 76.1 cm³/mol. The summed E-state index contributed by atoms with van der Waals surface area (Å²) < 4.78 is 11.0. The maximum atomic E-state index is 5.51. The number of rotatable bonds is 8. The van der Waals surface area contributed by atoms with Crippen LogP contribution in [0.5, 0.6) is 0 Å². The summed E-state index contributed by atoms with van der Waals surface area (Å²) in [7, 11) is 0. The Balaban J connectivity index is 2.39. The molecule has 1 aromatic carbocycles. The molecule has 3 heteroatoms. The van der Waals surface area contributed by atoms with Crippen molar-refractivity contribution < 1.29 is 9.47 Å². The van der Waals surface area contributed by atoms with Gasteiger partial charge >= 0.3 is 0 Å². The SMILES string of the molecule is CCOC(CCNc1cc(C)cc(C)c1)OCC. The molecule has 0 aromatic heterocycles. The van der Waals surface area contributed by atoms with Gasteiger partial charge in [0.1, 0.15) is 0 Å². The average molecular weight is 251 g/mol. The Morgan fingerprint density at radius 3 is 2.06 bits per heavy atom. The number of hydrogen-bond donors (Lipinski definition) is 1. The number of benzene rings is 1. The molecule has 0 atom stereocenters. The molecule has 102 valence electrons. The zero-order valence-corrected chi connectivity index (χ0v) is 12.0. The van der Waals surface area contributed by atoms with E-state index in [1.807, 2.05) is 13.8 Å². The van der Waals surface area contributed by atoms with Crippen molar-refractivity contribution in [3.63, 3.8) is 0 Å². The number of hydrogen-bond acceptors (Lipinski definition) is 3. The standard InChI is InChI=1S/C15H25NO2/c1-5-17-15(18-6-2)7-8-16-14-10-12(3)9-13(4)11-14/h9-11,15-16H,5-8H2,1-4H3. The highest BCUT2D eigenvalue weighted by atomic mass is 16.7. The van der Waals surface area contributed by atoms with E-state index in [1.165, 1.54) is 16.8 Å². The number of anilines is 1. The largest absolute Gasteiger partial charge is 0.385 e. The summed E-state index contributed by atoms with van der Waals surface area (Å²) in [6.45, 7) is 10.4. The smallest absolute Gasteiger partial charge is 0.159 e. The normalized spacial score (nSPS) is 10.9. The lowest BCUT2D eigenvalue weighted by Crippen LogP contribution is -2.21. The van der Waals surface area contributed by atoms with Crippen LogP contribution in [0.1, 0.15) is 31.4 Å². The fourth-order valence-corrected chi connectivity index (χ4v) is 2.00. The summed E-state index contributed by atoms with van der Waals surface area (Å²) in [6.07, 6.45) is 0.757. The number of nitrogens with one attached hydrogen (secondary N) is 1. The molecule has 0 saturated heterocycles. The Bertz CT molecular complexity index is 326. The lowest BCUT2D eigenvalue weighted by Gasteiger charge is -2.17. The fraction of sp³-hybridized carbons (Fsp3) is 0.600. The van der Waals surface area contributed by atoms with Crippen molar-refractivity contribution in [2.24, 2.45) is 0 Å². The van der Waals surface area contributed by atoms with Crippen LogP contribution in [0.4, 0.5) is 5.69 Å². The molecule has 0 amide bonds. The van der Waals surface area contributed by atoms with Gasteiger partial charge in [-0.15, -0.1) is 0 Å². The first-order chi connectivity index (χ1) is 8.65. The first-order valence-corrected chi connectivity index (χ1v) is 6.71. The van der Waals surface area contributed by atoms with Crippen molar-refractivity contribution in [2.75, 3.05) is 25.1 Å². The van der Waals surface area contributed by atoms with E-state index >= 15 is 0 Å². The second-order valence-corrected chi connectivity index (χ2v) is 4.43. The van der Waals surface area contributed by atoms with E-state index in [9.17, 15) is 0 Å². The molecule has 0 radical (unpaired) electrons. The molecule has 0 aliphatic carbocycles. The molecule has 0 fully saturated rings. The molecular formula is C15H25NO2. The van der Waals surface area contributed by atoms with Crippen molar-refractivity contribution in [3.05, 3.63) is 29.3 Å². The van der Waals surface area contributed by atoms with Gasteiger partial charge in [0, 0.05) is 31.9 Å². The molecule has 1 rings (SSSR count). The van der Waals surface area contributed by atoms with Crippen LogP contribution >= 0.6 is 0 Å². The first-order valence-electron chi connectivity index (χ1n) is 6.71. The molecule has 1 N–H and O–H groups in total. The van der Waals surface area contributed by atoms with Crippen molar-refractivity contribution in [2.45, 2.75) is 40.4 Å². The molecule has 0 heterocycles. The molecule has 3 nitrogen and oxygen atoms in total. The Hall–Kier alpha value is -1.06. The minimum Gasteiger partial charge on any atom is -0.385 e. The first kappa shape index (κ1) is 15.0. The van der Waals surface area contributed by atoms with E-state index in [4.69, 9.17) is 9.47 Å². The van der Waals surface area contributed by atoms with E-state index < -0.39 is 0 Å². The fourth-order valence-electron chi connectivity index (χ4n) is 2.00. The van der Waals surface area contributed by atoms with Gasteiger partial charge < -0.3 is 14.8 Å². The summed E-state index contributed by atoms with van der Waals surface area (Å²) in [4.78, 5) is 0. The third kappa shape index (κ3) is 5.52. The number of ether oxygens (including phenoxy) is 2. The van der Waals surface area contributed by atoms with Crippen LogP contribution in [-0.2, 0) is 9.47 Å². The lowest BCUT2D eigenvalue weighted by atomic mass is 10.1. The Kier molecular flexibility index (Phi) is 6.76. The quantitative estimate of drug-likeness (QED) is 0.717. The van der Waals surface area contributed by atoms with Gasteiger partial charge in [-0.05, 0) is 51.0 Å². The van der Waals surface area contributed by atoms with Crippen LogP contribution in [0, 0.1) is 13.8 Å². The van der Waals surface area contributed by atoms with Gasteiger partial charge in [-0.25, -0.2) is 0 Å². The van der Waals surface area contributed by atoms with Crippen molar-refractivity contribution in [1.82, 2.24) is 0 Å². The second-order valence-electron chi connectivity index (χ2n) is 4.43. The van der Waals surface area contributed by atoms with Crippen LogP contribution in [0.25, 0.3) is 0 Å². The van der Waals surface area contributed by atoms with Gasteiger partial charge in [-0.2, -0.15) is 0 Å². The maximum Gasteiger partial charge on any atom is 0.159 e. The predicted octanol–water partition coefficient (Wildman–Crippen LogP) is 3.50. The van der Waals surface area contributed by atoms with E-state index in [-0.39, 0.29) is 6.29 Å². The molecule has 0 spiro atoms. The van der Waals surface area contributed by atoms with Gasteiger partial charge in [0.15, 0.2) is 6.29 Å². The van der Waals surface area contributed by atoms with Gasteiger partial charge in [0.2, 0.25) is 0 Å². The van der Waals surface area contributed by atoms with E-state index in [0.29, 0.717) is 13.2 Å². The molecule has 0 aliphatic heterocycles. The highest BCUT2D eigenvalue weighted by Crippen LogP contribution is 2.14. The van der Waals surface area contributed by atoms with E-state index in [1.54, 1.807) is 0 Å². The van der Waals surface area contributed by atoms with Gasteiger partial charge in [-0.1, -0.05) is 6.07 Å². The molecule has 1 aromatic rings. The van der Waals surface area contributed by atoms with Crippen molar-refractivity contribution in [3.8, 4) is 0 Å². The molecule has 18 heavy (non-hydrogen) atoms. The molecule has 0 aliphatic rings. The van der Waals surface area contributed by atoms with Crippen LogP contribution in [0.15, 0.2) is 18.2 Å². The summed E-state index contributed by atoms with van der Waals surface area (Å²) in [5.41, 5.74) is 3.73. The Morgan fingerprint density at radius 2 is 1.56 bits per heavy atom. The summed E-state index contributed by atoms with van der Waals surface area (Å²) in [6, 6.07) is 6.49. The van der Waals surface area contributed by atoms with Crippen LogP contribution in [-0.4, -0.2) is 26.0 Å². The molecule has 0 unspecified atom stereocenters. The van der Waals surface area contributed by atoms with E-state index in [2.05, 4.69) is 37.4 Å². The zero-order valence-electron chi connectivity index (χ0n) is 12.0. The van der Waals surface area contributed by atoms with E-state index in [0.717, 1.165) is 13.0 Å². The molecule has 0 bridgehead atoms. The summed E-state index contributed by atoms with van der Waals surface area (Å²) in [5, 5.41) is 3.41.